The SMILES string of the molecule is CCCN(C(=O)C1C2CCCC21)C1CCNCC1.Cl. The molecule has 3 nitrogen and oxygen atoms in total. The number of carbonyl (C=O) groups is 1. The van der Waals surface area contributed by atoms with Crippen molar-refractivity contribution in [3.05, 3.63) is 0 Å². The maximum Gasteiger partial charge on any atom is 0.226 e. The van der Waals surface area contributed by atoms with E-state index in [4.69, 9.17) is 0 Å². The molecule has 1 heterocycles. The molecule has 4 heteroatoms. The highest BCUT2D eigenvalue weighted by atomic mass is 35.5. The molecule has 3 fully saturated rings. The van der Waals surface area contributed by atoms with Crippen molar-refractivity contribution in [3.8, 4) is 0 Å². The first-order valence-electron chi connectivity index (χ1n) is 7.84. The average molecular weight is 287 g/mol. The van der Waals surface area contributed by atoms with Gasteiger partial charge in [0.25, 0.3) is 0 Å². The summed E-state index contributed by atoms with van der Waals surface area (Å²) in [7, 11) is 0. The maximum absolute atomic E-state index is 12.7. The summed E-state index contributed by atoms with van der Waals surface area (Å²) in [6, 6.07) is 0.514. The first-order valence-corrected chi connectivity index (χ1v) is 7.84. The fourth-order valence-corrected chi connectivity index (χ4v) is 4.21. The highest BCUT2D eigenvalue weighted by Crippen LogP contribution is 2.58. The van der Waals surface area contributed by atoms with Gasteiger partial charge >= 0.3 is 0 Å². The van der Waals surface area contributed by atoms with Gasteiger partial charge in [0.2, 0.25) is 5.91 Å². The van der Waals surface area contributed by atoms with Gasteiger partial charge < -0.3 is 10.2 Å². The standard InChI is InChI=1S/C15H26N2O.ClH/c1-2-10-17(11-6-8-16-9-7-11)15(18)14-12-4-3-5-13(12)14;/h11-14,16H,2-10H2,1H3;1H. The van der Waals surface area contributed by atoms with Crippen LogP contribution in [0.5, 0.6) is 0 Å². The Balaban J connectivity index is 0.00000133. The van der Waals surface area contributed by atoms with Crippen LogP contribution in [-0.4, -0.2) is 36.5 Å². The molecule has 0 radical (unpaired) electrons. The van der Waals surface area contributed by atoms with Crippen molar-refractivity contribution in [1.82, 2.24) is 10.2 Å². The number of halogens is 1. The van der Waals surface area contributed by atoms with Gasteiger partial charge in [-0.3, -0.25) is 4.79 Å². The van der Waals surface area contributed by atoms with E-state index in [2.05, 4.69) is 17.1 Å². The second-order valence-electron chi connectivity index (χ2n) is 6.30. The van der Waals surface area contributed by atoms with E-state index < -0.39 is 0 Å². The summed E-state index contributed by atoms with van der Waals surface area (Å²) in [5.74, 6) is 2.44. The lowest BCUT2D eigenvalue weighted by molar-refractivity contribution is -0.136. The van der Waals surface area contributed by atoms with Crippen LogP contribution in [0.3, 0.4) is 0 Å². The summed E-state index contributed by atoms with van der Waals surface area (Å²) in [6.07, 6.45) is 7.38. The molecule has 2 atom stereocenters. The Morgan fingerprint density at radius 2 is 1.79 bits per heavy atom. The monoisotopic (exact) mass is 286 g/mol. The van der Waals surface area contributed by atoms with E-state index in [1.54, 1.807) is 0 Å². The van der Waals surface area contributed by atoms with Gasteiger partial charge in [0.15, 0.2) is 0 Å². The first kappa shape index (κ1) is 15.1. The third-order valence-corrected chi connectivity index (χ3v) is 5.19. The van der Waals surface area contributed by atoms with Crippen LogP contribution in [0, 0.1) is 17.8 Å². The van der Waals surface area contributed by atoms with Gasteiger partial charge in [-0.15, -0.1) is 12.4 Å². The molecule has 110 valence electrons. The molecule has 0 aromatic carbocycles. The molecule has 0 aromatic rings. The second kappa shape index (κ2) is 6.45. The summed E-state index contributed by atoms with van der Waals surface area (Å²) >= 11 is 0. The number of hydrogen-bond acceptors (Lipinski definition) is 2. The molecule has 1 N–H and O–H groups in total. The number of carbonyl (C=O) groups excluding carboxylic acids is 1. The van der Waals surface area contributed by atoms with Gasteiger partial charge in [-0.05, 0) is 57.0 Å². The number of amides is 1. The number of nitrogens with one attached hydrogen (secondary N) is 1. The van der Waals surface area contributed by atoms with Gasteiger partial charge in [0, 0.05) is 18.5 Å². The Morgan fingerprint density at radius 1 is 1.16 bits per heavy atom. The number of rotatable bonds is 4. The van der Waals surface area contributed by atoms with Crippen LogP contribution >= 0.6 is 12.4 Å². The topological polar surface area (TPSA) is 32.3 Å². The lowest BCUT2D eigenvalue weighted by Crippen LogP contribution is -2.47. The van der Waals surface area contributed by atoms with E-state index in [1.807, 2.05) is 0 Å². The molecule has 0 aromatic heterocycles. The molecular formula is C15H27ClN2O. The predicted molar refractivity (Wildman–Crippen MR) is 79.5 cm³/mol. The Bertz CT molecular complexity index is 307. The van der Waals surface area contributed by atoms with Crippen molar-refractivity contribution < 1.29 is 4.79 Å². The minimum atomic E-state index is 0. The third kappa shape index (κ3) is 2.92. The van der Waals surface area contributed by atoms with Crippen LogP contribution in [0.1, 0.15) is 45.4 Å². The van der Waals surface area contributed by atoms with E-state index in [9.17, 15) is 4.79 Å². The van der Waals surface area contributed by atoms with Crippen molar-refractivity contribution in [1.29, 1.82) is 0 Å². The van der Waals surface area contributed by atoms with Gasteiger partial charge in [-0.2, -0.15) is 0 Å². The fourth-order valence-electron chi connectivity index (χ4n) is 4.21. The quantitative estimate of drug-likeness (QED) is 0.861. The van der Waals surface area contributed by atoms with E-state index in [-0.39, 0.29) is 12.4 Å². The van der Waals surface area contributed by atoms with Crippen LogP contribution in [0.4, 0.5) is 0 Å². The normalized spacial score (nSPS) is 33.4. The molecule has 19 heavy (non-hydrogen) atoms. The average Bonchev–Trinajstić information content (AvgIpc) is 2.89. The fraction of sp³-hybridized carbons (Fsp3) is 0.933. The molecule has 0 bridgehead atoms. The Hall–Kier alpha value is -0.280. The third-order valence-electron chi connectivity index (χ3n) is 5.19. The number of nitrogens with zero attached hydrogens (tertiary/aromatic N) is 1. The van der Waals surface area contributed by atoms with E-state index in [0.717, 1.165) is 50.7 Å². The Labute approximate surface area is 122 Å². The lowest BCUT2D eigenvalue weighted by Gasteiger charge is -2.35. The Morgan fingerprint density at radius 3 is 2.37 bits per heavy atom. The zero-order valence-electron chi connectivity index (χ0n) is 11.9. The van der Waals surface area contributed by atoms with Crippen LogP contribution in [0.25, 0.3) is 0 Å². The van der Waals surface area contributed by atoms with Crippen LogP contribution in [-0.2, 0) is 4.79 Å². The molecule has 2 unspecified atom stereocenters. The van der Waals surface area contributed by atoms with Crippen LogP contribution in [0.2, 0.25) is 0 Å². The van der Waals surface area contributed by atoms with Gasteiger partial charge in [-0.1, -0.05) is 13.3 Å². The van der Waals surface area contributed by atoms with E-state index in [0.29, 0.717) is 17.9 Å². The molecular weight excluding hydrogens is 260 g/mol. The van der Waals surface area contributed by atoms with Gasteiger partial charge in [-0.25, -0.2) is 0 Å². The molecule has 1 amide bonds. The highest BCUT2D eigenvalue weighted by molar-refractivity contribution is 5.85. The van der Waals surface area contributed by atoms with Crippen molar-refractivity contribution in [2.24, 2.45) is 17.8 Å². The summed E-state index contributed by atoms with van der Waals surface area (Å²) < 4.78 is 0. The summed E-state index contributed by atoms with van der Waals surface area (Å²) in [5.41, 5.74) is 0. The maximum atomic E-state index is 12.7. The minimum absolute atomic E-state index is 0. The molecule has 2 aliphatic carbocycles. The highest BCUT2D eigenvalue weighted by Gasteiger charge is 2.57. The molecule has 1 saturated heterocycles. The van der Waals surface area contributed by atoms with Crippen molar-refractivity contribution in [2.75, 3.05) is 19.6 Å². The summed E-state index contributed by atoms with van der Waals surface area (Å²) in [5, 5.41) is 3.40. The summed E-state index contributed by atoms with van der Waals surface area (Å²) in [6.45, 7) is 5.32. The lowest BCUT2D eigenvalue weighted by atomic mass is 10.0. The van der Waals surface area contributed by atoms with E-state index >= 15 is 0 Å². The number of fused-ring (bicyclic) bond motifs is 1. The number of hydrogen-bond donors (Lipinski definition) is 1. The molecule has 1 aliphatic heterocycles. The van der Waals surface area contributed by atoms with E-state index in [1.165, 1.54) is 19.3 Å². The van der Waals surface area contributed by atoms with Gasteiger partial charge in [0.1, 0.15) is 0 Å². The molecule has 0 spiro atoms. The largest absolute Gasteiger partial charge is 0.339 e. The van der Waals surface area contributed by atoms with Gasteiger partial charge in [0.05, 0.1) is 0 Å². The molecule has 2 saturated carbocycles. The zero-order valence-corrected chi connectivity index (χ0v) is 12.8. The molecule has 3 aliphatic rings. The minimum Gasteiger partial charge on any atom is -0.339 e. The van der Waals surface area contributed by atoms with Crippen LogP contribution < -0.4 is 5.32 Å². The van der Waals surface area contributed by atoms with Crippen molar-refractivity contribution in [2.45, 2.75) is 51.5 Å². The Kier molecular flexibility index (Phi) is 5.13. The second-order valence-corrected chi connectivity index (χ2v) is 6.30. The zero-order chi connectivity index (χ0) is 12.5. The molecule has 3 rings (SSSR count). The smallest absolute Gasteiger partial charge is 0.226 e. The van der Waals surface area contributed by atoms with Crippen LogP contribution in [0.15, 0.2) is 0 Å². The van der Waals surface area contributed by atoms with Crippen molar-refractivity contribution >= 4 is 18.3 Å². The number of piperidine rings is 1. The summed E-state index contributed by atoms with van der Waals surface area (Å²) in [4.78, 5) is 15.0. The van der Waals surface area contributed by atoms with Crippen molar-refractivity contribution in [3.63, 3.8) is 0 Å². The first-order chi connectivity index (χ1) is 8.83. The predicted octanol–water partition coefficient (Wildman–Crippen LogP) is 2.44.